The normalized spacial score (nSPS) is 29.8. The van der Waals surface area contributed by atoms with Gasteiger partial charge in [-0.3, -0.25) is 9.79 Å². The third-order valence-corrected chi connectivity index (χ3v) is 5.95. The van der Waals surface area contributed by atoms with Crippen LogP contribution in [0, 0.1) is 10.8 Å². The van der Waals surface area contributed by atoms with Crippen molar-refractivity contribution in [2.75, 3.05) is 52.5 Å². The van der Waals surface area contributed by atoms with Crippen molar-refractivity contribution >= 4 is 11.9 Å². The Balaban J connectivity index is 1.70. The van der Waals surface area contributed by atoms with Crippen LogP contribution in [0.5, 0.6) is 0 Å². The second kappa shape index (κ2) is 7.91. The lowest BCUT2D eigenvalue weighted by molar-refractivity contribution is -0.119. The Kier molecular flexibility index (Phi) is 5.84. The number of amides is 1. The van der Waals surface area contributed by atoms with Gasteiger partial charge >= 0.3 is 0 Å². The van der Waals surface area contributed by atoms with E-state index < -0.39 is 0 Å². The Morgan fingerprint density at radius 1 is 1.40 bits per heavy atom. The predicted molar refractivity (Wildman–Crippen MR) is 96.4 cm³/mol. The smallest absolute Gasteiger partial charge is 0.220 e. The van der Waals surface area contributed by atoms with Crippen molar-refractivity contribution in [3.63, 3.8) is 0 Å². The van der Waals surface area contributed by atoms with Gasteiger partial charge in [0.25, 0.3) is 0 Å². The first-order valence-electron chi connectivity index (χ1n) is 9.59. The number of carbonyl (C=O) groups is 1. The summed E-state index contributed by atoms with van der Waals surface area (Å²) in [5.41, 5.74) is -0.101. The molecule has 1 amide bonds. The lowest BCUT2D eigenvalue weighted by Crippen LogP contribution is -2.51. The molecule has 3 saturated heterocycles. The molecule has 3 fully saturated rings. The van der Waals surface area contributed by atoms with E-state index in [9.17, 15) is 9.90 Å². The molecule has 0 bridgehead atoms. The summed E-state index contributed by atoms with van der Waals surface area (Å²) in [4.78, 5) is 18.9. The van der Waals surface area contributed by atoms with Gasteiger partial charge in [-0.25, -0.2) is 0 Å². The van der Waals surface area contributed by atoms with Gasteiger partial charge in [-0.2, -0.15) is 0 Å². The van der Waals surface area contributed by atoms with E-state index in [0.29, 0.717) is 26.2 Å². The summed E-state index contributed by atoms with van der Waals surface area (Å²) < 4.78 is 5.45. The van der Waals surface area contributed by atoms with Gasteiger partial charge in [0.15, 0.2) is 5.96 Å². The van der Waals surface area contributed by atoms with Crippen LogP contribution in [0.15, 0.2) is 4.99 Å². The molecule has 7 heteroatoms. The number of aliphatic hydroxyl groups excluding tert-OH is 1. The molecule has 0 aromatic carbocycles. The van der Waals surface area contributed by atoms with Gasteiger partial charge < -0.3 is 25.4 Å². The fraction of sp³-hybridized carbons (Fsp3) is 0.889. The number of rotatable bonds is 4. The number of nitrogens with zero attached hydrogens (tertiary/aromatic N) is 2. The molecule has 3 rings (SSSR count). The van der Waals surface area contributed by atoms with Crippen molar-refractivity contribution in [3.05, 3.63) is 0 Å². The number of guanidine groups is 1. The number of ether oxygens (including phenoxy) is 1. The lowest BCUT2D eigenvalue weighted by atomic mass is 9.79. The molecule has 25 heavy (non-hydrogen) atoms. The van der Waals surface area contributed by atoms with E-state index in [1.54, 1.807) is 0 Å². The monoisotopic (exact) mass is 352 g/mol. The molecule has 7 nitrogen and oxygen atoms in total. The van der Waals surface area contributed by atoms with Crippen LogP contribution in [0.3, 0.4) is 0 Å². The van der Waals surface area contributed by atoms with Crippen LogP contribution in [0.4, 0.5) is 0 Å². The zero-order valence-corrected chi connectivity index (χ0v) is 15.4. The SMILES string of the molecule is CCNC(=NCC1(CO)CCOCC1)N1CCCC2(CNC(=O)C2)C1. The van der Waals surface area contributed by atoms with Crippen LogP contribution >= 0.6 is 0 Å². The molecule has 1 atom stereocenters. The fourth-order valence-corrected chi connectivity index (χ4v) is 4.27. The Morgan fingerprint density at radius 2 is 2.20 bits per heavy atom. The van der Waals surface area contributed by atoms with E-state index in [1.165, 1.54) is 0 Å². The Labute approximate surface area is 150 Å². The first-order valence-corrected chi connectivity index (χ1v) is 9.59. The van der Waals surface area contributed by atoms with Crippen LogP contribution in [0.25, 0.3) is 0 Å². The van der Waals surface area contributed by atoms with Crippen molar-refractivity contribution < 1.29 is 14.6 Å². The zero-order valence-electron chi connectivity index (χ0n) is 15.4. The second-order valence-corrected chi connectivity index (χ2v) is 7.92. The van der Waals surface area contributed by atoms with E-state index in [-0.39, 0.29) is 23.3 Å². The molecule has 3 aliphatic heterocycles. The number of hydrogen-bond donors (Lipinski definition) is 3. The number of aliphatic hydroxyl groups is 1. The van der Waals surface area contributed by atoms with Crippen LogP contribution in [-0.2, 0) is 9.53 Å². The molecule has 3 heterocycles. The first-order chi connectivity index (χ1) is 12.1. The molecule has 0 radical (unpaired) electrons. The largest absolute Gasteiger partial charge is 0.396 e. The summed E-state index contributed by atoms with van der Waals surface area (Å²) in [5, 5.41) is 16.3. The van der Waals surface area contributed by atoms with E-state index in [4.69, 9.17) is 9.73 Å². The second-order valence-electron chi connectivity index (χ2n) is 7.92. The van der Waals surface area contributed by atoms with Gasteiger partial charge in [0.1, 0.15) is 0 Å². The summed E-state index contributed by atoms with van der Waals surface area (Å²) in [5.74, 6) is 1.09. The van der Waals surface area contributed by atoms with Crippen molar-refractivity contribution in [2.45, 2.75) is 39.0 Å². The number of aliphatic imine (C=N–C) groups is 1. The maximum Gasteiger partial charge on any atom is 0.220 e. The minimum absolute atomic E-state index is 0.0544. The fourth-order valence-electron chi connectivity index (χ4n) is 4.27. The zero-order chi connectivity index (χ0) is 17.8. The molecule has 1 spiro atoms. The molecule has 142 valence electrons. The Hall–Kier alpha value is -1.34. The van der Waals surface area contributed by atoms with Gasteiger partial charge in [0.05, 0.1) is 13.2 Å². The first kappa shape index (κ1) is 18.5. The highest BCUT2D eigenvalue weighted by molar-refractivity contribution is 5.81. The molecule has 0 aromatic heterocycles. The molecule has 0 aliphatic carbocycles. The van der Waals surface area contributed by atoms with Gasteiger partial charge in [0, 0.05) is 56.6 Å². The van der Waals surface area contributed by atoms with Crippen LogP contribution in [0.2, 0.25) is 0 Å². The molecule has 0 aromatic rings. The highest BCUT2D eigenvalue weighted by Gasteiger charge is 2.42. The number of piperidine rings is 1. The molecule has 3 aliphatic rings. The highest BCUT2D eigenvalue weighted by Crippen LogP contribution is 2.36. The molecular weight excluding hydrogens is 320 g/mol. The maximum atomic E-state index is 11.7. The van der Waals surface area contributed by atoms with Crippen molar-refractivity contribution in [1.29, 1.82) is 0 Å². The number of carbonyl (C=O) groups excluding carboxylic acids is 1. The minimum Gasteiger partial charge on any atom is -0.396 e. The summed E-state index contributed by atoms with van der Waals surface area (Å²) in [6.07, 6.45) is 4.52. The summed E-state index contributed by atoms with van der Waals surface area (Å²) in [6, 6.07) is 0. The third kappa shape index (κ3) is 4.26. The minimum atomic E-state index is -0.155. The van der Waals surface area contributed by atoms with Crippen molar-refractivity contribution in [1.82, 2.24) is 15.5 Å². The summed E-state index contributed by atoms with van der Waals surface area (Å²) in [6.45, 7) is 7.68. The number of hydrogen-bond acceptors (Lipinski definition) is 4. The maximum absolute atomic E-state index is 11.7. The van der Waals surface area contributed by atoms with Gasteiger partial charge in [0.2, 0.25) is 5.91 Å². The third-order valence-electron chi connectivity index (χ3n) is 5.95. The Bertz CT molecular complexity index is 505. The van der Waals surface area contributed by atoms with Crippen LogP contribution < -0.4 is 10.6 Å². The molecule has 0 saturated carbocycles. The highest BCUT2D eigenvalue weighted by atomic mass is 16.5. The van der Waals surface area contributed by atoms with Crippen LogP contribution in [-0.4, -0.2) is 74.4 Å². The average molecular weight is 352 g/mol. The van der Waals surface area contributed by atoms with Gasteiger partial charge in [-0.05, 0) is 32.6 Å². The van der Waals surface area contributed by atoms with Crippen molar-refractivity contribution in [3.8, 4) is 0 Å². The summed E-state index contributed by atoms with van der Waals surface area (Å²) in [7, 11) is 0. The van der Waals surface area contributed by atoms with Crippen molar-refractivity contribution in [2.24, 2.45) is 15.8 Å². The Morgan fingerprint density at radius 3 is 2.84 bits per heavy atom. The van der Waals surface area contributed by atoms with Gasteiger partial charge in [-0.15, -0.1) is 0 Å². The van der Waals surface area contributed by atoms with E-state index in [2.05, 4.69) is 22.5 Å². The van der Waals surface area contributed by atoms with E-state index >= 15 is 0 Å². The quantitative estimate of drug-likeness (QED) is 0.502. The number of likely N-dealkylation sites (tertiary alicyclic amines) is 1. The number of nitrogens with one attached hydrogen (secondary N) is 2. The molecule has 3 N–H and O–H groups in total. The molecule has 1 unspecified atom stereocenters. The predicted octanol–water partition coefficient (Wildman–Crippen LogP) is 0.343. The average Bonchev–Trinajstić information content (AvgIpc) is 2.99. The van der Waals surface area contributed by atoms with E-state index in [0.717, 1.165) is 57.8 Å². The van der Waals surface area contributed by atoms with E-state index in [1.807, 2.05) is 0 Å². The summed E-state index contributed by atoms with van der Waals surface area (Å²) >= 11 is 0. The van der Waals surface area contributed by atoms with Gasteiger partial charge in [-0.1, -0.05) is 0 Å². The lowest BCUT2D eigenvalue weighted by Gasteiger charge is -2.41. The topological polar surface area (TPSA) is 86.2 Å². The standard InChI is InChI=1S/C18H32N4O3/c1-2-19-16(21-11-17(14-23)5-8-25-9-6-17)22-7-3-4-18(13-22)10-15(24)20-12-18/h23H,2-14H2,1H3,(H,19,21)(H,20,24). The molecular formula is C18H32N4O3. The van der Waals surface area contributed by atoms with Crippen LogP contribution in [0.1, 0.15) is 39.0 Å².